The first-order valence-electron chi connectivity index (χ1n) is 6.73. The molecular formula is C17H17NO2. The summed E-state index contributed by atoms with van der Waals surface area (Å²) in [7, 11) is 3.96. The molecule has 2 aromatic rings. The van der Waals surface area contributed by atoms with E-state index in [1.807, 2.05) is 61.5 Å². The zero-order chi connectivity index (χ0) is 14.1. The average Bonchev–Trinajstić information content (AvgIpc) is 2.95. The van der Waals surface area contributed by atoms with E-state index < -0.39 is 0 Å². The van der Waals surface area contributed by atoms with Crippen LogP contribution in [0.3, 0.4) is 0 Å². The van der Waals surface area contributed by atoms with Gasteiger partial charge in [0.25, 0.3) is 0 Å². The first-order chi connectivity index (χ1) is 9.66. The molecule has 0 saturated heterocycles. The standard InChI is InChI=1S/C17H17NO2/c1-18(2)14-8-6-12(7-9-14)16(19)15-5-3-4-13-10-11-20-17(13)15/h3-9H,10-11H2,1-2H3. The van der Waals surface area contributed by atoms with Crippen LogP contribution in [-0.2, 0) is 6.42 Å². The van der Waals surface area contributed by atoms with Gasteiger partial charge in [-0.2, -0.15) is 0 Å². The molecule has 0 aromatic heterocycles. The minimum Gasteiger partial charge on any atom is -0.492 e. The Hall–Kier alpha value is -2.29. The van der Waals surface area contributed by atoms with Crippen LogP contribution in [0.4, 0.5) is 5.69 Å². The van der Waals surface area contributed by atoms with Crippen LogP contribution in [0.15, 0.2) is 42.5 Å². The van der Waals surface area contributed by atoms with Gasteiger partial charge < -0.3 is 9.64 Å². The van der Waals surface area contributed by atoms with Gasteiger partial charge in [-0.1, -0.05) is 12.1 Å². The van der Waals surface area contributed by atoms with E-state index in [0.717, 1.165) is 23.4 Å². The van der Waals surface area contributed by atoms with Gasteiger partial charge in [-0.15, -0.1) is 0 Å². The van der Waals surface area contributed by atoms with E-state index in [9.17, 15) is 4.79 Å². The summed E-state index contributed by atoms with van der Waals surface area (Å²) in [6, 6.07) is 13.4. The molecule has 3 nitrogen and oxygen atoms in total. The van der Waals surface area contributed by atoms with Crippen molar-refractivity contribution in [1.29, 1.82) is 0 Å². The molecule has 2 aromatic carbocycles. The summed E-state index contributed by atoms with van der Waals surface area (Å²) in [4.78, 5) is 14.6. The van der Waals surface area contributed by atoms with Crippen molar-refractivity contribution in [1.82, 2.24) is 0 Å². The number of para-hydroxylation sites is 1. The van der Waals surface area contributed by atoms with E-state index in [0.29, 0.717) is 17.7 Å². The molecule has 0 amide bonds. The van der Waals surface area contributed by atoms with Gasteiger partial charge in [-0.3, -0.25) is 4.79 Å². The van der Waals surface area contributed by atoms with Crippen molar-refractivity contribution in [3.8, 4) is 5.75 Å². The molecule has 0 radical (unpaired) electrons. The van der Waals surface area contributed by atoms with E-state index in [4.69, 9.17) is 4.74 Å². The first kappa shape index (κ1) is 12.7. The molecule has 0 bridgehead atoms. The molecule has 0 aliphatic carbocycles. The molecule has 1 aliphatic rings. The third kappa shape index (κ3) is 2.16. The summed E-state index contributed by atoms with van der Waals surface area (Å²) >= 11 is 0. The van der Waals surface area contributed by atoms with Crippen molar-refractivity contribution in [3.05, 3.63) is 59.2 Å². The number of hydrogen-bond acceptors (Lipinski definition) is 3. The second-order valence-electron chi connectivity index (χ2n) is 5.16. The summed E-state index contributed by atoms with van der Waals surface area (Å²) in [5.74, 6) is 0.781. The molecule has 20 heavy (non-hydrogen) atoms. The van der Waals surface area contributed by atoms with E-state index in [1.165, 1.54) is 0 Å². The highest BCUT2D eigenvalue weighted by atomic mass is 16.5. The van der Waals surface area contributed by atoms with E-state index in [2.05, 4.69) is 0 Å². The summed E-state index contributed by atoms with van der Waals surface area (Å²) < 4.78 is 5.61. The highest BCUT2D eigenvalue weighted by Crippen LogP contribution is 2.31. The molecule has 0 spiro atoms. The second kappa shape index (κ2) is 5.00. The molecule has 0 saturated carbocycles. The van der Waals surface area contributed by atoms with Crippen LogP contribution in [0.25, 0.3) is 0 Å². The lowest BCUT2D eigenvalue weighted by Crippen LogP contribution is -2.09. The molecule has 0 fully saturated rings. The number of benzene rings is 2. The predicted octanol–water partition coefficient (Wildman–Crippen LogP) is 2.92. The van der Waals surface area contributed by atoms with Gasteiger partial charge >= 0.3 is 0 Å². The molecule has 0 unspecified atom stereocenters. The van der Waals surface area contributed by atoms with Gasteiger partial charge in [0.2, 0.25) is 0 Å². The van der Waals surface area contributed by atoms with Crippen molar-refractivity contribution >= 4 is 11.5 Å². The van der Waals surface area contributed by atoms with E-state index in [-0.39, 0.29) is 5.78 Å². The molecule has 3 rings (SSSR count). The quantitative estimate of drug-likeness (QED) is 0.801. The SMILES string of the molecule is CN(C)c1ccc(C(=O)c2cccc3c2OCC3)cc1. The number of carbonyl (C=O) groups is 1. The largest absolute Gasteiger partial charge is 0.492 e. The van der Waals surface area contributed by atoms with Crippen molar-refractivity contribution in [3.63, 3.8) is 0 Å². The van der Waals surface area contributed by atoms with Crippen LogP contribution in [0.2, 0.25) is 0 Å². The third-order valence-electron chi connectivity index (χ3n) is 3.60. The molecule has 0 N–H and O–H groups in total. The fraction of sp³-hybridized carbons (Fsp3) is 0.235. The lowest BCUT2D eigenvalue weighted by Gasteiger charge is -2.13. The molecule has 0 atom stereocenters. The van der Waals surface area contributed by atoms with Gasteiger partial charge in [-0.05, 0) is 35.9 Å². The smallest absolute Gasteiger partial charge is 0.196 e. The second-order valence-corrected chi connectivity index (χ2v) is 5.16. The highest BCUT2D eigenvalue weighted by molar-refractivity contribution is 6.11. The van der Waals surface area contributed by atoms with Crippen molar-refractivity contribution in [2.24, 2.45) is 0 Å². The summed E-state index contributed by atoms with van der Waals surface area (Å²) in [5, 5.41) is 0. The maximum absolute atomic E-state index is 12.6. The van der Waals surface area contributed by atoms with Gasteiger partial charge in [0.15, 0.2) is 5.78 Å². The molecule has 3 heteroatoms. The van der Waals surface area contributed by atoms with E-state index >= 15 is 0 Å². The fourth-order valence-electron chi connectivity index (χ4n) is 2.46. The van der Waals surface area contributed by atoms with Gasteiger partial charge in [-0.25, -0.2) is 0 Å². The fourth-order valence-corrected chi connectivity index (χ4v) is 2.46. The molecule has 1 aliphatic heterocycles. The zero-order valence-corrected chi connectivity index (χ0v) is 11.7. The van der Waals surface area contributed by atoms with E-state index in [1.54, 1.807) is 0 Å². The van der Waals surface area contributed by atoms with Gasteiger partial charge in [0.05, 0.1) is 12.2 Å². The topological polar surface area (TPSA) is 29.5 Å². The van der Waals surface area contributed by atoms with Crippen LogP contribution in [0.5, 0.6) is 5.75 Å². The number of fused-ring (bicyclic) bond motifs is 1. The number of ether oxygens (including phenoxy) is 1. The van der Waals surface area contributed by atoms with Crippen LogP contribution in [-0.4, -0.2) is 26.5 Å². The Labute approximate surface area is 118 Å². The van der Waals surface area contributed by atoms with Crippen molar-refractivity contribution in [2.75, 3.05) is 25.6 Å². The summed E-state index contributed by atoms with van der Waals surface area (Å²) in [6.07, 6.45) is 0.885. The maximum atomic E-state index is 12.6. The Kier molecular flexibility index (Phi) is 3.18. The van der Waals surface area contributed by atoms with Crippen LogP contribution in [0, 0.1) is 0 Å². The Morgan fingerprint density at radius 1 is 1.10 bits per heavy atom. The number of carbonyl (C=O) groups excluding carboxylic acids is 1. The average molecular weight is 267 g/mol. The number of nitrogens with zero attached hydrogens (tertiary/aromatic N) is 1. The van der Waals surface area contributed by atoms with Crippen LogP contribution >= 0.6 is 0 Å². The number of rotatable bonds is 3. The summed E-state index contributed by atoms with van der Waals surface area (Å²) in [6.45, 7) is 0.666. The van der Waals surface area contributed by atoms with Crippen LogP contribution < -0.4 is 9.64 Å². The highest BCUT2D eigenvalue weighted by Gasteiger charge is 2.21. The Balaban J connectivity index is 1.95. The summed E-state index contributed by atoms with van der Waals surface area (Å²) in [5.41, 5.74) is 3.56. The Bertz CT molecular complexity index is 645. The molecule has 1 heterocycles. The molecular weight excluding hydrogens is 250 g/mol. The monoisotopic (exact) mass is 267 g/mol. The third-order valence-corrected chi connectivity index (χ3v) is 3.60. The normalized spacial score (nSPS) is 12.7. The minimum atomic E-state index is 0.0223. The lowest BCUT2D eigenvalue weighted by atomic mass is 9.99. The first-order valence-corrected chi connectivity index (χ1v) is 6.73. The van der Waals surface area contributed by atoms with Crippen LogP contribution in [0.1, 0.15) is 21.5 Å². The molecule has 102 valence electrons. The van der Waals surface area contributed by atoms with Gasteiger partial charge in [0.1, 0.15) is 5.75 Å². The van der Waals surface area contributed by atoms with Gasteiger partial charge in [0, 0.05) is 31.8 Å². The Morgan fingerprint density at radius 3 is 2.55 bits per heavy atom. The minimum absolute atomic E-state index is 0.0223. The van der Waals surface area contributed by atoms with Crippen molar-refractivity contribution in [2.45, 2.75) is 6.42 Å². The number of ketones is 1. The van der Waals surface area contributed by atoms with Crippen molar-refractivity contribution < 1.29 is 9.53 Å². The number of anilines is 1. The lowest BCUT2D eigenvalue weighted by molar-refractivity contribution is 0.103. The zero-order valence-electron chi connectivity index (χ0n) is 11.7. The predicted molar refractivity (Wildman–Crippen MR) is 79.8 cm³/mol. The number of hydrogen-bond donors (Lipinski definition) is 0. The maximum Gasteiger partial charge on any atom is 0.196 e. The Morgan fingerprint density at radius 2 is 1.85 bits per heavy atom.